The largest absolute Gasteiger partial charge is 0.309 e. The molecule has 0 saturated carbocycles. The van der Waals surface area contributed by atoms with Gasteiger partial charge in [-0.1, -0.05) is 128 Å². The molecule has 0 bridgehead atoms. The molecule has 0 spiro atoms. The monoisotopic (exact) mass is 555 g/mol. The second-order valence-corrected chi connectivity index (χ2v) is 20.1. The van der Waals surface area contributed by atoms with Gasteiger partial charge in [-0.05, 0) is 66.5 Å². The molecule has 0 N–H and O–H groups in total. The van der Waals surface area contributed by atoms with Gasteiger partial charge in [0, 0.05) is 16.5 Å². The highest BCUT2D eigenvalue weighted by molar-refractivity contribution is 7.22. The second-order valence-electron chi connectivity index (χ2n) is 12.1. The average molecular weight is 556 g/mol. The van der Waals surface area contributed by atoms with Crippen molar-refractivity contribution in [2.45, 2.75) is 13.1 Å². The van der Waals surface area contributed by atoms with E-state index in [0.29, 0.717) is 0 Å². The summed E-state index contributed by atoms with van der Waals surface area (Å²) >= 11 is 0. The third kappa shape index (κ3) is 2.75. The maximum Gasteiger partial charge on any atom is 0.180 e. The zero-order valence-electron chi connectivity index (χ0n) is 23.2. The lowest BCUT2D eigenvalue weighted by Crippen LogP contribution is -2.75. The van der Waals surface area contributed by atoms with Crippen LogP contribution in [0.5, 0.6) is 0 Å². The summed E-state index contributed by atoms with van der Waals surface area (Å²) in [6, 6.07) is 53.1. The van der Waals surface area contributed by atoms with Crippen molar-refractivity contribution in [3.8, 4) is 16.8 Å². The predicted octanol–water partition coefficient (Wildman–Crippen LogP) is 5.28. The molecule has 9 rings (SSSR count). The molecule has 3 heteroatoms. The number of para-hydroxylation sites is 1. The first-order valence-corrected chi connectivity index (χ1v) is 19.6. The quantitative estimate of drug-likeness (QED) is 0.262. The van der Waals surface area contributed by atoms with Gasteiger partial charge in [-0.25, -0.2) is 0 Å². The highest BCUT2D eigenvalue weighted by Crippen LogP contribution is 2.42. The van der Waals surface area contributed by atoms with Gasteiger partial charge in [-0.3, -0.25) is 0 Å². The molecule has 0 unspecified atom stereocenters. The molecule has 1 nitrogen and oxygen atoms in total. The zero-order valence-corrected chi connectivity index (χ0v) is 25.2. The fourth-order valence-electron chi connectivity index (χ4n) is 8.21. The Hall–Kier alpha value is -4.45. The molecule has 0 fully saturated rings. The van der Waals surface area contributed by atoms with Crippen LogP contribution in [-0.2, 0) is 0 Å². The van der Waals surface area contributed by atoms with E-state index in [2.05, 4.69) is 157 Å². The SMILES string of the molecule is C[Si]1(C)c2cccc3c2-c2c1ccc1c2c2c(cccc2n1-c1ccccc1)[Si]3(c1ccccc1)c1ccccc1. The van der Waals surface area contributed by atoms with Crippen LogP contribution in [0.15, 0.2) is 140 Å². The fourth-order valence-corrected chi connectivity index (χ4v) is 16.6. The van der Waals surface area contributed by atoms with Crippen molar-refractivity contribution in [2.75, 3.05) is 0 Å². The Kier molecular flexibility index (Phi) is 4.58. The standard InChI is InChI=1S/C38H29NSi2/c1-40(2)31-21-13-23-34-37(31)38-32(40)25-24-30-36(38)35-29(39(30)26-14-6-3-7-15-26)20-12-22-33(35)41(34,27-16-8-4-9-17-27)28-18-10-5-11-19-28/h3-25H,1-2H3. The van der Waals surface area contributed by atoms with Crippen molar-refractivity contribution in [1.82, 2.24) is 4.57 Å². The predicted molar refractivity (Wildman–Crippen MR) is 180 cm³/mol. The maximum absolute atomic E-state index is 2.72. The lowest BCUT2D eigenvalue weighted by Gasteiger charge is -2.36. The van der Waals surface area contributed by atoms with E-state index in [-0.39, 0.29) is 0 Å². The van der Waals surface area contributed by atoms with E-state index in [1.54, 1.807) is 15.6 Å². The van der Waals surface area contributed by atoms with E-state index in [0.717, 1.165) is 0 Å². The minimum atomic E-state index is -2.72. The van der Waals surface area contributed by atoms with Crippen molar-refractivity contribution in [1.29, 1.82) is 0 Å². The summed E-state index contributed by atoms with van der Waals surface area (Å²) < 4.78 is 2.52. The average Bonchev–Trinajstić information content (AvgIpc) is 3.44. The molecule has 2 aliphatic rings. The summed E-state index contributed by atoms with van der Waals surface area (Å²) in [5, 5.41) is 12.0. The molecule has 3 heterocycles. The number of hydrogen-bond donors (Lipinski definition) is 0. The van der Waals surface area contributed by atoms with Gasteiger partial charge in [0.25, 0.3) is 0 Å². The van der Waals surface area contributed by atoms with Gasteiger partial charge in [0.15, 0.2) is 8.07 Å². The molecule has 0 saturated heterocycles. The van der Waals surface area contributed by atoms with Crippen molar-refractivity contribution in [3.05, 3.63) is 140 Å². The van der Waals surface area contributed by atoms with Crippen LogP contribution < -0.4 is 31.1 Å². The molecule has 1 aromatic heterocycles. The van der Waals surface area contributed by atoms with Gasteiger partial charge in [0.1, 0.15) is 8.07 Å². The normalized spacial score (nSPS) is 15.5. The first-order chi connectivity index (χ1) is 20.1. The Morgan fingerprint density at radius 3 is 1.63 bits per heavy atom. The van der Waals surface area contributed by atoms with E-state index in [9.17, 15) is 0 Å². The van der Waals surface area contributed by atoms with Crippen LogP contribution >= 0.6 is 0 Å². The molecule has 41 heavy (non-hydrogen) atoms. The van der Waals surface area contributed by atoms with Gasteiger partial charge in [-0.15, -0.1) is 0 Å². The first kappa shape index (κ1) is 23.3. The Balaban J connectivity index is 1.62. The van der Waals surface area contributed by atoms with E-state index in [1.807, 2.05) is 0 Å². The summed E-state index contributed by atoms with van der Waals surface area (Å²) in [5.41, 5.74) is 6.89. The lowest BCUT2D eigenvalue weighted by atomic mass is 9.99. The molecule has 6 aromatic carbocycles. The molecular weight excluding hydrogens is 527 g/mol. The topological polar surface area (TPSA) is 4.93 Å². The van der Waals surface area contributed by atoms with Gasteiger partial charge >= 0.3 is 0 Å². The number of hydrogen-bond acceptors (Lipinski definition) is 0. The summed E-state index contributed by atoms with van der Waals surface area (Å²) in [4.78, 5) is 0. The van der Waals surface area contributed by atoms with Crippen molar-refractivity contribution < 1.29 is 0 Å². The van der Waals surface area contributed by atoms with E-state index >= 15 is 0 Å². The Bertz CT molecular complexity index is 2120. The van der Waals surface area contributed by atoms with Crippen LogP contribution in [-0.4, -0.2) is 20.7 Å². The fraction of sp³-hybridized carbons (Fsp3) is 0.0526. The Labute approximate surface area is 242 Å². The number of aromatic nitrogens is 1. The maximum atomic E-state index is 2.56. The second kappa shape index (κ2) is 8.06. The summed E-state index contributed by atoms with van der Waals surface area (Å²) in [7, 11) is -4.63. The lowest BCUT2D eigenvalue weighted by molar-refractivity contribution is 1.18. The van der Waals surface area contributed by atoms with Crippen molar-refractivity contribution in [3.63, 3.8) is 0 Å². The van der Waals surface area contributed by atoms with Gasteiger partial charge in [-0.2, -0.15) is 0 Å². The van der Waals surface area contributed by atoms with Gasteiger partial charge in [0.2, 0.25) is 0 Å². The molecule has 0 radical (unpaired) electrons. The van der Waals surface area contributed by atoms with Crippen LogP contribution in [0.4, 0.5) is 0 Å². The molecule has 0 amide bonds. The summed E-state index contributed by atoms with van der Waals surface area (Å²) in [5.74, 6) is 0. The Morgan fingerprint density at radius 2 is 0.951 bits per heavy atom. The van der Waals surface area contributed by atoms with E-state index < -0.39 is 16.1 Å². The third-order valence-electron chi connectivity index (χ3n) is 9.85. The molecule has 194 valence electrons. The van der Waals surface area contributed by atoms with Crippen LogP contribution in [0.2, 0.25) is 13.1 Å². The third-order valence-corrected chi connectivity index (χ3v) is 18.2. The number of rotatable bonds is 3. The van der Waals surface area contributed by atoms with Crippen molar-refractivity contribution in [2.24, 2.45) is 0 Å². The van der Waals surface area contributed by atoms with Gasteiger partial charge in [0.05, 0.1) is 11.0 Å². The molecule has 0 atom stereocenters. The molecule has 7 aromatic rings. The zero-order chi connectivity index (χ0) is 27.3. The molecular formula is C38H29NSi2. The van der Waals surface area contributed by atoms with Crippen LogP contribution in [0, 0.1) is 0 Å². The molecule has 2 aliphatic heterocycles. The minimum absolute atomic E-state index is 1.22. The summed E-state index contributed by atoms with van der Waals surface area (Å²) in [6.45, 7) is 5.11. The van der Waals surface area contributed by atoms with Crippen LogP contribution in [0.3, 0.4) is 0 Å². The highest BCUT2D eigenvalue weighted by atomic mass is 28.3. The number of benzene rings is 6. The van der Waals surface area contributed by atoms with E-state index in [1.165, 1.54) is 54.2 Å². The van der Waals surface area contributed by atoms with Crippen LogP contribution in [0.25, 0.3) is 38.6 Å². The summed E-state index contributed by atoms with van der Waals surface area (Å²) in [6.07, 6.45) is 0. The van der Waals surface area contributed by atoms with Crippen LogP contribution in [0.1, 0.15) is 0 Å². The van der Waals surface area contributed by atoms with Crippen molar-refractivity contribution >= 4 is 69.1 Å². The first-order valence-electron chi connectivity index (χ1n) is 14.6. The Morgan fingerprint density at radius 1 is 0.415 bits per heavy atom. The van der Waals surface area contributed by atoms with E-state index in [4.69, 9.17) is 0 Å². The number of nitrogens with zero attached hydrogens (tertiary/aromatic N) is 1. The highest BCUT2D eigenvalue weighted by Gasteiger charge is 2.50. The molecule has 0 aliphatic carbocycles. The minimum Gasteiger partial charge on any atom is -0.309 e. The smallest absolute Gasteiger partial charge is 0.180 e. The van der Waals surface area contributed by atoms with Gasteiger partial charge < -0.3 is 4.57 Å².